The lowest BCUT2D eigenvalue weighted by atomic mass is 10.0. The SMILES string of the molecule is CN1C(=O)CC(N)C1c1ccc(Br)c(F)c1. The number of hydrogen-bond donors (Lipinski definition) is 1. The molecule has 3 nitrogen and oxygen atoms in total. The van der Waals surface area contributed by atoms with Gasteiger partial charge in [0.2, 0.25) is 5.91 Å². The molecule has 2 unspecified atom stereocenters. The Balaban J connectivity index is 2.37. The average molecular weight is 287 g/mol. The van der Waals surface area contributed by atoms with Crippen molar-refractivity contribution in [2.24, 2.45) is 5.73 Å². The average Bonchev–Trinajstić information content (AvgIpc) is 2.47. The number of benzene rings is 1. The number of amides is 1. The second-order valence-corrected chi connectivity index (χ2v) is 4.85. The maximum absolute atomic E-state index is 13.4. The van der Waals surface area contributed by atoms with Gasteiger partial charge in [0.05, 0.1) is 10.5 Å². The highest BCUT2D eigenvalue weighted by Gasteiger charge is 2.36. The summed E-state index contributed by atoms with van der Waals surface area (Å²) in [4.78, 5) is 13.0. The van der Waals surface area contributed by atoms with Gasteiger partial charge in [-0.05, 0) is 33.6 Å². The van der Waals surface area contributed by atoms with Gasteiger partial charge in [-0.1, -0.05) is 6.07 Å². The van der Waals surface area contributed by atoms with E-state index in [0.29, 0.717) is 10.9 Å². The summed E-state index contributed by atoms with van der Waals surface area (Å²) in [5, 5.41) is 0. The highest BCUT2D eigenvalue weighted by atomic mass is 79.9. The van der Waals surface area contributed by atoms with E-state index in [9.17, 15) is 9.18 Å². The molecule has 0 aliphatic carbocycles. The normalized spacial score (nSPS) is 25.2. The van der Waals surface area contributed by atoms with Crippen LogP contribution in [0.3, 0.4) is 0 Å². The van der Waals surface area contributed by atoms with Gasteiger partial charge in [-0.2, -0.15) is 0 Å². The lowest BCUT2D eigenvalue weighted by Gasteiger charge is -2.23. The molecule has 86 valence electrons. The Morgan fingerprint density at radius 2 is 2.25 bits per heavy atom. The molecule has 1 aromatic rings. The molecule has 1 aliphatic rings. The molecule has 1 aromatic carbocycles. The molecule has 1 fully saturated rings. The largest absolute Gasteiger partial charge is 0.337 e. The van der Waals surface area contributed by atoms with Gasteiger partial charge in [0.1, 0.15) is 5.82 Å². The van der Waals surface area contributed by atoms with Crippen molar-refractivity contribution in [2.75, 3.05) is 7.05 Å². The number of halogens is 2. The Morgan fingerprint density at radius 3 is 2.75 bits per heavy atom. The zero-order valence-corrected chi connectivity index (χ0v) is 10.4. The fraction of sp³-hybridized carbons (Fsp3) is 0.364. The third kappa shape index (κ3) is 1.85. The molecule has 2 N–H and O–H groups in total. The van der Waals surface area contributed by atoms with Crippen LogP contribution >= 0.6 is 15.9 Å². The van der Waals surface area contributed by atoms with Crippen LogP contribution in [0.2, 0.25) is 0 Å². The summed E-state index contributed by atoms with van der Waals surface area (Å²) in [5.74, 6) is -0.335. The van der Waals surface area contributed by atoms with Crippen LogP contribution in [-0.4, -0.2) is 23.9 Å². The predicted molar refractivity (Wildman–Crippen MR) is 62.2 cm³/mol. The molecule has 2 rings (SSSR count). The quantitative estimate of drug-likeness (QED) is 0.856. The summed E-state index contributed by atoms with van der Waals surface area (Å²) >= 11 is 3.09. The zero-order valence-electron chi connectivity index (χ0n) is 8.78. The molecule has 5 heteroatoms. The molecule has 0 spiro atoms. The van der Waals surface area contributed by atoms with Crippen molar-refractivity contribution in [2.45, 2.75) is 18.5 Å². The third-order valence-electron chi connectivity index (χ3n) is 2.91. The molecule has 1 saturated heterocycles. The van der Waals surface area contributed by atoms with Gasteiger partial charge >= 0.3 is 0 Å². The van der Waals surface area contributed by atoms with E-state index in [-0.39, 0.29) is 23.8 Å². The van der Waals surface area contributed by atoms with E-state index in [1.54, 1.807) is 24.1 Å². The fourth-order valence-corrected chi connectivity index (χ4v) is 2.31. The predicted octanol–water partition coefficient (Wildman–Crippen LogP) is 1.82. The van der Waals surface area contributed by atoms with Crippen LogP contribution < -0.4 is 5.73 Å². The minimum atomic E-state index is -0.336. The van der Waals surface area contributed by atoms with Crippen molar-refractivity contribution < 1.29 is 9.18 Å². The summed E-state index contributed by atoms with van der Waals surface area (Å²) in [6.07, 6.45) is 0.318. The van der Waals surface area contributed by atoms with Crippen LogP contribution in [0.5, 0.6) is 0 Å². The lowest BCUT2D eigenvalue weighted by molar-refractivity contribution is -0.127. The van der Waals surface area contributed by atoms with Gasteiger partial charge in [0, 0.05) is 19.5 Å². The maximum Gasteiger partial charge on any atom is 0.224 e. The van der Waals surface area contributed by atoms with E-state index in [4.69, 9.17) is 5.73 Å². The maximum atomic E-state index is 13.4. The first-order valence-corrected chi connectivity index (χ1v) is 5.76. The summed E-state index contributed by atoms with van der Waals surface area (Å²) in [6.45, 7) is 0. The van der Waals surface area contributed by atoms with Gasteiger partial charge in [-0.3, -0.25) is 4.79 Å². The molecular formula is C11H12BrFN2O. The summed E-state index contributed by atoms with van der Waals surface area (Å²) in [7, 11) is 1.69. The number of hydrogen-bond acceptors (Lipinski definition) is 2. The smallest absolute Gasteiger partial charge is 0.224 e. The van der Waals surface area contributed by atoms with Crippen molar-refractivity contribution >= 4 is 21.8 Å². The molecular weight excluding hydrogens is 275 g/mol. The molecule has 16 heavy (non-hydrogen) atoms. The summed E-state index contributed by atoms with van der Waals surface area (Å²) in [6, 6.07) is 4.35. The van der Waals surface area contributed by atoms with Crippen LogP contribution in [0.15, 0.2) is 22.7 Å². The summed E-state index contributed by atoms with van der Waals surface area (Å²) in [5.41, 5.74) is 6.62. The number of nitrogens with zero attached hydrogens (tertiary/aromatic N) is 1. The number of carbonyl (C=O) groups is 1. The fourth-order valence-electron chi connectivity index (χ4n) is 2.07. The Bertz CT molecular complexity index is 438. The molecule has 1 aliphatic heterocycles. The molecule has 1 heterocycles. The van der Waals surface area contributed by atoms with Gasteiger partial charge < -0.3 is 10.6 Å². The number of rotatable bonds is 1. The minimum Gasteiger partial charge on any atom is -0.337 e. The first-order chi connectivity index (χ1) is 7.50. The van der Waals surface area contributed by atoms with Crippen molar-refractivity contribution in [3.8, 4) is 0 Å². The number of carbonyl (C=O) groups excluding carboxylic acids is 1. The first-order valence-electron chi connectivity index (χ1n) is 4.97. The van der Waals surface area contributed by atoms with Crippen molar-refractivity contribution in [3.63, 3.8) is 0 Å². The molecule has 0 saturated carbocycles. The lowest BCUT2D eigenvalue weighted by Crippen LogP contribution is -2.30. The number of likely N-dealkylation sites (N-methyl/N-ethyl adjacent to an activating group) is 1. The topological polar surface area (TPSA) is 46.3 Å². The van der Waals surface area contributed by atoms with Gasteiger partial charge in [0.25, 0.3) is 0 Å². The molecule has 0 radical (unpaired) electrons. The standard InChI is InChI=1S/C11H12BrFN2O/c1-15-10(16)5-9(14)11(15)6-2-3-7(12)8(13)4-6/h2-4,9,11H,5,14H2,1H3. The number of likely N-dealkylation sites (tertiary alicyclic amines) is 1. The van der Waals surface area contributed by atoms with E-state index in [1.165, 1.54) is 6.07 Å². The van der Waals surface area contributed by atoms with Gasteiger partial charge in [-0.25, -0.2) is 4.39 Å². The van der Waals surface area contributed by atoms with Crippen LogP contribution in [0.25, 0.3) is 0 Å². The number of nitrogens with two attached hydrogens (primary N) is 1. The van der Waals surface area contributed by atoms with Crippen LogP contribution in [0, 0.1) is 5.82 Å². The second kappa shape index (κ2) is 4.14. The highest BCUT2D eigenvalue weighted by Crippen LogP contribution is 2.32. The van der Waals surface area contributed by atoms with Gasteiger partial charge in [-0.15, -0.1) is 0 Å². The first kappa shape index (κ1) is 11.5. The van der Waals surface area contributed by atoms with Crippen molar-refractivity contribution in [3.05, 3.63) is 34.1 Å². The Labute approximate surface area is 102 Å². The Morgan fingerprint density at radius 1 is 1.56 bits per heavy atom. The van der Waals surface area contributed by atoms with Crippen molar-refractivity contribution in [1.82, 2.24) is 4.90 Å². The molecule has 1 amide bonds. The van der Waals surface area contributed by atoms with Crippen LogP contribution in [0.1, 0.15) is 18.0 Å². The zero-order chi connectivity index (χ0) is 11.9. The molecule has 2 atom stereocenters. The molecule has 0 bridgehead atoms. The van der Waals surface area contributed by atoms with E-state index >= 15 is 0 Å². The highest BCUT2D eigenvalue weighted by molar-refractivity contribution is 9.10. The monoisotopic (exact) mass is 286 g/mol. The van der Waals surface area contributed by atoms with E-state index < -0.39 is 0 Å². The van der Waals surface area contributed by atoms with Gasteiger partial charge in [0.15, 0.2) is 0 Å². The van der Waals surface area contributed by atoms with Crippen LogP contribution in [-0.2, 0) is 4.79 Å². The minimum absolute atomic E-state index is 0.000766. The Hall–Kier alpha value is -0.940. The van der Waals surface area contributed by atoms with E-state index in [2.05, 4.69) is 15.9 Å². The Kier molecular flexibility index (Phi) is 2.99. The summed E-state index contributed by atoms with van der Waals surface area (Å²) < 4.78 is 13.8. The van der Waals surface area contributed by atoms with E-state index in [1.807, 2.05) is 0 Å². The second-order valence-electron chi connectivity index (χ2n) is 3.99. The molecule has 0 aromatic heterocycles. The van der Waals surface area contributed by atoms with Crippen LogP contribution in [0.4, 0.5) is 4.39 Å². The van der Waals surface area contributed by atoms with E-state index in [0.717, 1.165) is 5.56 Å². The van der Waals surface area contributed by atoms with Crippen molar-refractivity contribution in [1.29, 1.82) is 0 Å². The third-order valence-corrected chi connectivity index (χ3v) is 3.55.